The SMILES string of the molecule is CCCN(CCC)C(=O)c1ccc(NC(=O)CNc2ccc(Cl)cc2)cc1. The first kappa shape index (κ1) is 20.8. The van der Waals surface area contributed by atoms with Crippen molar-refractivity contribution in [3.8, 4) is 0 Å². The summed E-state index contributed by atoms with van der Waals surface area (Å²) in [5.74, 6) is -0.136. The molecule has 2 N–H and O–H groups in total. The summed E-state index contributed by atoms with van der Waals surface area (Å²) in [6.45, 7) is 5.77. The molecule has 6 heteroatoms. The third-order valence-electron chi connectivity index (χ3n) is 3.99. The Bertz CT molecular complexity index is 739. The van der Waals surface area contributed by atoms with Gasteiger partial charge in [-0.25, -0.2) is 0 Å². The molecule has 0 atom stereocenters. The summed E-state index contributed by atoms with van der Waals surface area (Å²) in [5.41, 5.74) is 2.11. The summed E-state index contributed by atoms with van der Waals surface area (Å²) in [6, 6.07) is 14.2. The van der Waals surface area contributed by atoms with Crippen LogP contribution in [0.2, 0.25) is 5.02 Å². The number of halogens is 1. The van der Waals surface area contributed by atoms with Crippen LogP contribution in [0.15, 0.2) is 48.5 Å². The molecule has 2 aromatic carbocycles. The predicted octanol–water partition coefficient (Wildman–Crippen LogP) is 4.65. The standard InChI is InChI=1S/C21H26ClN3O2/c1-3-13-25(14-4-2)21(27)16-5-9-19(10-6-16)24-20(26)15-23-18-11-7-17(22)8-12-18/h5-12,23H,3-4,13-15H2,1-2H3,(H,24,26). The zero-order valence-corrected chi connectivity index (χ0v) is 16.6. The van der Waals surface area contributed by atoms with Crippen molar-refractivity contribution in [1.29, 1.82) is 0 Å². The maximum atomic E-state index is 12.6. The van der Waals surface area contributed by atoms with Crippen LogP contribution in [-0.4, -0.2) is 36.3 Å². The lowest BCUT2D eigenvalue weighted by Gasteiger charge is -2.21. The van der Waals surface area contributed by atoms with Gasteiger partial charge in [0.25, 0.3) is 5.91 Å². The molecule has 2 aromatic rings. The fraction of sp³-hybridized carbons (Fsp3) is 0.333. The topological polar surface area (TPSA) is 61.4 Å². The Kier molecular flexibility index (Phi) is 8.14. The zero-order valence-electron chi connectivity index (χ0n) is 15.8. The summed E-state index contributed by atoms with van der Waals surface area (Å²) < 4.78 is 0. The van der Waals surface area contributed by atoms with Crippen LogP contribution in [-0.2, 0) is 4.79 Å². The fourth-order valence-electron chi connectivity index (χ4n) is 2.69. The minimum absolute atomic E-state index is 0.0287. The molecule has 144 valence electrons. The lowest BCUT2D eigenvalue weighted by Crippen LogP contribution is -2.32. The Morgan fingerprint density at radius 3 is 2.00 bits per heavy atom. The van der Waals surface area contributed by atoms with Crippen LogP contribution < -0.4 is 10.6 Å². The highest BCUT2D eigenvalue weighted by Crippen LogP contribution is 2.14. The van der Waals surface area contributed by atoms with Crippen LogP contribution in [0.25, 0.3) is 0 Å². The number of anilines is 2. The third kappa shape index (κ3) is 6.61. The molecule has 0 aromatic heterocycles. The number of amides is 2. The van der Waals surface area contributed by atoms with Crippen molar-refractivity contribution in [3.05, 3.63) is 59.1 Å². The number of hydrogen-bond acceptors (Lipinski definition) is 3. The number of carbonyl (C=O) groups excluding carboxylic acids is 2. The van der Waals surface area contributed by atoms with Crippen LogP contribution >= 0.6 is 11.6 Å². The van der Waals surface area contributed by atoms with Crippen molar-refractivity contribution in [3.63, 3.8) is 0 Å². The van der Waals surface area contributed by atoms with E-state index >= 15 is 0 Å². The second kappa shape index (κ2) is 10.6. The van der Waals surface area contributed by atoms with Crippen LogP contribution in [0.4, 0.5) is 11.4 Å². The second-order valence-electron chi connectivity index (χ2n) is 6.28. The molecule has 0 saturated carbocycles. The molecule has 0 saturated heterocycles. The Morgan fingerprint density at radius 2 is 1.44 bits per heavy atom. The van der Waals surface area contributed by atoms with Crippen molar-refractivity contribution in [1.82, 2.24) is 4.90 Å². The fourth-order valence-corrected chi connectivity index (χ4v) is 2.81. The van der Waals surface area contributed by atoms with Gasteiger partial charge in [0.1, 0.15) is 0 Å². The van der Waals surface area contributed by atoms with Crippen molar-refractivity contribution < 1.29 is 9.59 Å². The van der Waals surface area contributed by atoms with Gasteiger partial charge in [0.15, 0.2) is 0 Å². The van der Waals surface area contributed by atoms with Crippen LogP contribution in [0, 0.1) is 0 Å². The van der Waals surface area contributed by atoms with Gasteiger partial charge in [0.2, 0.25) is 5.91 Å². The van der Waals surface area contributed by atoms with E-state index in [0.717, 1.165) is 31.6 Å². The summed E-state index contributed by atoms with van der Waals surface area (Å²) in [4.78, 5) is 26.5. The van der Waals surface area contributed by atoms with Gasteiger partial charge < -0.3 is 15.5 Å². The van der Waals surface area contributed by atoms with Crippen LogP contribution in [0.5, 0.6) is 0 Å². The molecule has 2 rings (SSSR count). The quantitative estimate of drug-likeness (QED) is 0.658. The Morgan fingerprint density at radius 1 is 0.889 bits per heavy atom. The molecule has 5 nitrogen and oxygen atoms in total. The first-order chi connectivity index (χ1) is 13.0. The molecule has 0 unspecified atom stereocenters. The van der Waals surface area contributed by atoms with E-state index in [0.29, 0.717) is 16.3 Å². The highest BCUT2D eigenvalue weighted by Gasteiger charge is 2.14. The predicted molar refractivity (Wildman–Crippen MR) is 111 cm³/mol. The third-order valence-corrected chi connectivity index (χ3v) is 4.24. The molecule has 27 heavy (non-hydrogen) atoms. The van der Waals surface area contributed by atoms with E-state index in [1.165, 1.54) is 0 Å². The second-order valence-corrected chi connectivity index (χ2v) is 6.71. The van der Waals surface area contributed by atoms with Gasteiger partial charge in [-0.15, -0.1) is 0 Å². The van der Waals surface area contributed by atoms with Gasteiger partial charge >= 0.3 is 0 Å². The first-order valence-electron chi connectivity index (χ1n) is 9.22. The minimum Gasteiger partial charge on any atom is -0.376 e. The normalized spacial score (nSPS) is 10.3. The van der Waals surface area contributed by atoms with E-state index in [-0.39, 0.29) is 18.4 Å². The van der Waals surface area contributed by atoms with Gasteiger partial charge in [0.05, 0.1) is 6.54 Å². The number of nitrogens with one attached hydrogen (secondary N) is 2. The summed E-state index contributed by atoms with van der Waals surface area (Å²) in [6.07, 6.45) is 1.86. The van der Waals surface area contributed by atoms with Gasteiger partial charge in [-0.2, -0.15) is 0 Å². The largest absolute Gasteiger partial charge is 0.376 e. The van der Waals surface area contributed by atoms with E-state index in [1.807, 2.05) is 17.0 Å². The average molecular weight is 388 g/mol. The highest BCUT2D eigenvalue weighted by molar-refractivity contribution is 6.30. The van der Waals surface area contributed by atoms with Crippen molar-refractivity contribution in [2.75, 3.05) is 30.3 Å². The summed E-state index contributed by atoms with van der Waals surface area (Å²) >= 11 is 5.84. The molecule has 2 amide bonds. The monoisotopic (exact) mass is 387 g/mol. The average Bonchev–Trinajstić information content (AvgIpc) is 2.67. The van der Waals surface area contributed by atoms with Crippen molar-refractivity contribution in [2.45, 2.75) is 26.7 Å². The molecule has 0 bridgehead atoms. The molecule has 0 fully saturated rings. The van der Waals surface area contributed by atoms with Gasteiger partial charge in [-0.05, 0) is 61.4 Å². The van der Waals surface area contributed by atoms with E-state index in [4.69, 9.17) is 11.6 Å². The molecule has 0 aliphatic carbocycles. The van der Waals surface area contributed by atoms with Crippen LogP contribution in [0.3, 0.4) is 0 Å². The molecule has 0 aliphatic heterocycles. The Balaban J connectivity index is 1.89. The number of rotatable bonds is 9. The van der Waals surface area contributed by atoms with E-state index < -0.39 is 0 Å². The molecule has 0 aliphatic rings. The maximum Gasteiger partial charge on any atom is 0.253 e. The summed E-state index contributed by atoms with van der Waals surface area (Å²) in [5, 5.41) is 6.50. The molecule has 0 heterocycles. The number of nitrogens with zero attached hydrogens (tertiary/aromatic N) is 1. The molecule has 0 radical (unpaired) electrons. The first-order valence-corrected chi connectivity index (χ1v) is 9.60. The number of carbonyl (C=O) groups is 2. The van der Waals surface area contributed by atoms with E-state index in [1.54, 1.807) is 36.4 Å². The zero-order chi connectivity index (χ0) is 19.6. The minimum atomic E-state index is -0.164. The highest BCUT2D eigenvalue weighted by atomic mass is 35.5. The van der Waals surface area contributed by atoms with E-state index in [2.05, 4.69) is 24.5 Å². The summed E-state index contributed by atoms with van der Waals surface area (Å²) in [7, 11) is 0. The van der Waals surface area contributed by atoms with Crippen molar-refractivity contribution in [2.24, 2.45) is 0 Å². The lowest BCUT2D eigenvalue weighted by molar-refractivity contribution is -0.114. The van der Waals surface area contributed by atoms with Gasteiger partial charge in [-0.1, -0.05) is 25.4 Å². The van der Waals surface area contributed by atoms with Gasteiger partial charge in [-0.3, -0.25) is 9.59 Å². The lowest BCUT2D eigenvalue weighted by atomic mass is 10.1. The van der Waals surface area contributed by atoms with Crippen molar-refractivity contribution >= 4 is 34.8 Å². The molecule has 0 spiro atoms. The Hall–Kier alpha value is -2.53. The molecular formula is C21H26ClN3O2. The van der Waals surface area contributed by atoms with E-state index in [9.17, 15) is 9.59 Å². The number of hydrogen-bond donors (Lipinski definition) is 2. The van der Waals surface area contributed by atoms with Gasteiger partial charge in [0, 0.05) is 35.1 Å². The smallest absolute Gasteiger partial charge is 0.253 e. The molecular weight excluding hydrogens is 362 g/mol. The maximum absolute atomic E-state index is 12.6. The number of benzene rings is 2. The van der Waals surface area contributed by atoms with Crippen LogP contribution in [0.1, 0.15) is 37.0 Å². The Labute approximate surface area is 165 Å².